The van der Waals surface area contributed by atoms with Gasteiger partial charge in [0.2, 0.25) is 0 Å². The van der Waals surface area contributed by atoms with E-state index in [-0.39, 0.29) is 11.7 Å². The first-order valence-corrected chi connectivity index (χ1v) is 6.20. The van der Waals surface area contributed by atoms with E-state index in [0.717, 1.165) is 29.1 Å². The largest absolute Gasteiger partial charge is 0.334 e. The molecular weight excluding hydrogens is 228 g/mol. The van der Waals surface area contributed by atoms with Gasteiger partial charge in [-0.1, -0.05) is 0 Å². The van der Waals surface area contributed by atoms with E-state index < -0.39 is 0 Å². The number of piperidine rings is 1. The van der Waals surface area contributed by atoms with Crippen molar-refractivity contribution >= 4 is 16.9 Å². The lowest BCUT2D eigenvalue weighted by atomic mass is 9.93. The van der Waals surface area contributed by atoms with Crippen LogP contribution in [0.3, 0.4) is 0 Å². The van der Waals surface area contributed by atoms with Crippen molar-refractivity contribution in [1.29, 1.82) is 0 Å². The first kappa shape index (κ1) is 11.3. The van der Waals surface area contributed by atoms with Gasteiger partial charge in [0.15, 0.2) is 5.65 Å². The Bertz CT molecular complexity index is 617. The predicted molar refractivity (Wildman–Crippen MR) is 68.5 cm³/mol. The Balaban J connectivity index is 2.10. The van der Waals surface area contributed by atoms with Crippen LogP contribution < -0.4 is 5.32 Å². The van der Waals surface area contributed by atoms with Gasteiger partial charge in [0.25, 0.3) is 0 Å². The molecule has 1 aliphatic heterocycles. The highest BCUT2D eigenvalue weighted by atomic mass is 16.1. The third-order valence-corrected chi connectivity index (χ3v) is 3.52. The van der Waals surface area contributed by atoms with Crippen molar-refractivity contribution < 1.29 is 4.79 Å². The van der Waals surface area contributed by atoms with Crippen molar-refractivity contribution in [2.24, 2.45) is 7.05 Å². The lowest BCUT2D eigenvalue weighted by Crippen LogP contribution is -2.36. The lowest BCUT2D eigenvalue weighted by molar-refractivity contribution is -0.121. The number of aryl methyl sites for hydroxylation is 2. The monoisotopic (exact) mass is 244 g/mol. The number of aromatic nitrogens is 3. The molecule has 5 nitrogen and oxygen atoms in total. The van der Waals surface area contributed by atoms with Crippen molar-refractivity contribution in [1.82, 2.24) is 19.9 Å². The Morgan fingerprint density at radius 3 is 3.06 bits per heavy atom. The van der Waals surface area contributed by atoms with Gasteiger partial charge in [-0.15, -0.1) is 0 Å². The van der Waals surface area contributed by atoms with Gasteiger partial charge in [0.05, 0.1) is 17.3 Å². The highest BCUT2D eigenvalue weighted by Crippen LogP contribution is 2.23. The number of nitrogens with zero attached hydrogens (tertiary/aromatic N) is 3. The molecule has 2 aromatic rings. The highest BCUT2D eigenvalue weighted by molar-refractivity contribution is 5.87. The first-order chi connectivity index (χ1) is 8.66. The maximum absolute atomic E-state index is 12.0. The minimum absolute atomic E-state index is 0.143. The van der Waals surface area contributed by atoms with Crippen molar-refractivity contribution in [2.45, 2.75) is 19.3 Å². The van der Waals surface area contributed by atoms with Crippen LogP contribution in [-0.2, 0) is 11.8 Å². The zero-order chi connectivity index (χ0) is 12.7. The standard InChI is InChI=1S/C13H16N4O/c1-8-12(9-7-14-5-3-11(9)18)16-10-4-6-17(2)13(10)15-8/h4,6,9,14H,3,5,7H2,1-2H3. The minimum atomic E-state index is -0.143. The van der Waals surface area contributed by atoms with Crippen LogP contribution in [0.5, 0.6) is 0 Å². The summed E-state index contributed by atoms with van der Waals surface area (Å²) in [5.41, 5.74) is 3.40. The van der Waals surface area contributed by atoms with E-state index in [1.165, 1.54) is 0 Å². The Labute approximate surface area is 105 Å². The molecule has 0 radical (unpaired) electrons. The smallest absolute Gasteiger partial charge is 0.158 e. The van der Waals surface area contributed by atoms with Gasteiger partial charge in [0, 0.05) is 32.8 Å². The molecule has 1 saturated heterocycles. The van der Waals surface area contributed by atoms with Crippen LogP contribution in [-0.4, -0.2) is 33.4 Å². The Morgan fingerprint density at radius 1 is 1.44 bits per heavy atom. The molecule has 18 heavy (non-hydrogen) atoms. The van der Waals surface area contributed by atoms with Gasteiger partial charge in [-0.05, 0) is 13.0 Å². The number of Topliss-reactive ketones (excluding diaryl/α,β-unsaturated/α-hetero) is 1. The number of fused-ring (bicyclic) bond motifs is 1. The molecule has 0 aromatic carbocycles. The fourth-order valence-electron chi connectivity index (χ4n) is 2.48. The second kappa shape index (κ2) is 4.17. The van der Waals surface area contributed by atoms with Crippen molar-refractivity contribution in [3.8, 4) is 0 Å². The summed E-state index contributed by atoms with van der Waals surface area (Å²) in [5.74, 6) is 0.122. The van der Waals surface area contributed by atoms with E-state index in [2.05, 4.69) is 15.3 Å². The molecule has 2 aromatic heterocycles. The summed E-state index contributed by atoms with van der Waals surface area (Å²) < 4.78 is 1.94. The summed E-state index contributed by atoms with van der Waals surface area (Å²) in [6.07, 6.45) is 2.52. The van der Waals surface area contributed by atoms with Crippen LogP contribution in [0.1, 0.15) is 23.7 Å². The summed E-state index contributed by atoms with van der Waals surface area (Å²) in [6.45, 7) is 3.37. The molecule has 0 spiro atoms. The number of hydrogen-bond donors (Lipinski definition) is 1. The third kappa shape index (κ3) is 1.71. The van der Waals surface area contributed by atoms with Crippen LogP contribution in [0.15, 0.2) is 12.3 Å². The molecule has 1 unspecified atom stereocenters. The predicted octanol–water partition coefficient (Wildman–Crippen LogP) is 0.923. The number of hydrogen-bond acceptors (Lipinski definition) is 4. The lowest BCUT2D eigenvalue weighted by Gasteiger charge is -2.22. The van der Waals surface area contributed by atoms with Crippen LogP contribution in [0.25, 0.3) is 11.2 Å². The molecule has 0 aliphatic carbocycles. The molecule has 3 rings (SSSR count). The molecular formula is C13H16N4O. The number of carbonyl (C=O) groups excluding carboxylic acids is 1. The number of rotatable bonds is 1. The zero-order valence-electron chi connectivity index (χ0n) is 10.6. The van der Waals surface area contributed by atoms with E-state index in [1.807, 2.05) is 30.8 Å². The number of ketones is 1. The van der Waals surface area contributed by atoms with Crippen LogP contribution >= 0.6 is 0 Å². The minimum Gasteiger partial charge on any atom is -0.334 e. The average molecular weight is 244 g/mol. The molecule has 1 fully saturated rings. The van der Waals surface area contributed by atoms with Gasteiger partial charge < -0.3 is 9.88 Å². The summed E-state index contributed by atoms with van der Waals surface area (Å²) >= 11 is 0. The third-order valence-electron chi connectivity index (χ3n) is 3.52. The normalized spacial score (nSPS) is 20.6. The molecule has 94 valence electrons. The number of carbonyl (C=O) groups is 1. The Kier molecular flexibility index (Phi) is 2.63. The maximum atomic E-state index is 12.0. The van der Waals surface area contributed by atoms with E-state index in [0.29, 0.717) is 13.0 Å². The number of nitrogens with one attached hydrogen (secondary N) is 1. The van der Waals surface area contributed by atoms with E-state index in [1.54, 1.807) is 0 Å². The summed E-state index contributed by atoms with van der Waals surface area (Å²) in [4.78, 5) is 21.2. The molecule has 3 heterocycles. The van der Waals surface area contributed by atoms with E-state index in [4.69, 9.17) is 0 Å². The molecule has 0 bridgehead atoms. The van der Waals surface area contributed by atoms with Crippen molar-refractivity contribution in [2.75, 3.05) is 13.1 Å². The topological polar surface area (TPSA) is 59.8 Å². The first-order valence-electron chi connectivity index (χ1n) is 6.20. The van der Waals surface area contributed by atoms with Crippen molar-refractivity contribution in [3.05, 3.63) is 23.7 Å². The fourth-order valence-corrected chi connectivity index (χ4v) is 2.48. The van der Waals surface area contributed by atoms with Gasteiger partial charge in [-0.2, -0.15) is 0 Å². The zero-order valence-corrected chi connectivity index (χ0v) is 10.6. The molecule has 1 aliphatic rings. The Morgan fingerprint density at radius 2 is 2.28 bits per heavy atom. The quantitative estimate of drug-likeness (QED) is 0.810. The van der Waals surface area contributed by atoms with Gasteiger partial charge >= 0.3 is 0 Å². The van der Waals surface area contributed by atoms with Crippen LogP contribution in [0.2, 0.25) is 0 Å². The highest BCUT2D eigenvalue weighted by Gasteiger charge is 2.27. The molecule has 1 atom stereocenters. The van der Waals surface area contributed by atoms with Gasteiger partial charge in [-0.25, -0.2) is 9.97 Å². The maximum Gasteiger partial charge on any atom is 0.158 e. The average Bonchev–Trinajstić information content (AvgIpc) is 2.71. The van der Waals surface area contributed by atoms with Crippen LogP contribution in [0, 0.1) is 6.92 Å². The summed E-state index contributed by atoms with van der Waals surface area (Å²) in [6, 6.07) is 1.94. The summed E-state index contributed by atoms with van der Waals surface area (Å²) in [5, 5.41) is 3.25. The summed E-state index contributed by atoms with van der Waals surface area (Å²) in [7, 11) is 1.95. The second-order valence-corrected chi connectivity index (χ2v) is 4.80. The molecule has 1 N–H and O–H groups in total. The van der Waals surface area contributed by atoms with Gasteiger partial charge in [-0.3, -0.25) is 4.79 Å². The fraction of sp³-hybridized carbons (Fsp3) is 0.462. The molecule has 5 heteroatoms. The van der Waals surface area contributed by atoms with Gasteiger partial charge in [0.1, 0.15) is 11.3 Å². The second-order valence-electron chi connectivity index (χ2n) is 4.80. The molecule has 0 amide bonds. The van der Waals surface area contributed by atoms with E-state index >= 15 is 0 Å². The van der Waals surface area contributed by atoms with Crippen LogP contribution in [0.4, 0.5) is 0 Å². The van der Waals surface area contributed by atoms with Crippen molar-refractivity contribution in [3.63, 3.8) is 0 Å². The Hall–Kier alpha value is -1.75. The van der Waals surface area contributed by atoms with E-state index in [9.17, 15) is 4.79 Å². The molecule has 0 saturated carbocycles. The SMILES string of the molecule is Cc1nc2c(ccn2C)nc1C1CNCCC1=O.